The molecular formula is C14H11NO3. The van der Waals surface area contributed by atoms with Gasteiger partial charge in [-0.05, 0) is 16.3 Å². The van der Waals surface area contributed by atoms with Gasteiger partial charge in [0.25, 0.3) is 0 Å². The number of carboxylic acid groups (broad SMARTS) is 1. The van der Waals surface area contributed by atoms with Crippen LogP contribution in [0.15, 0.2) is 47.5 Å². The van der Waals surface area contributed by atoms with Crippen LogP contribution in [0.4, 0.5) is 0 Å². The lowest BCUT2D eigenvalue weighted by atomic mass is 9.99. The van der Waals surface area contributed by atoms with Gasteiger partial charge in [-0.2, -0.15) is 4.99 Å². The monoisotopic (exact) mass is 241 g/mol. The predicted molar refractivity (Wildman–Crippen MR) is 67.2 cm³/mol. The first-order valence-corrected chi connectivity index (χ1v) is 5.49. The Morgan fingerprint density at radius 3 is 2.67 bits per heavy atom. The number of rotatable bonds is 4. The standard InChI is InChI=1S/C14H11NO3/c16-9-15-13(14(17)18)8-11-6-3-5-10-4-1-2-7-12(10)11/h1-7,13H,8H2,(H,17,18). The van der Waals surface area contributed by atoms with Crippen LogP contribution in [0.3, 0.4) is 0 Å². The van der Waals surface area contributed by atoms with Crippen molar-refractivity contribution in [3.05, 3.63) is 48.0 Å². The van der Waals surface area contributed by atoms with E-state index in [4.69, 9.17) is 5.11 Å². The highest BCUT2D eigenvalue weighted by molar-refractivity contribution is 5.86. The molecule has 0 saturated heterocycles. The summed E-state index contributed by atoms with van der Waals surface area (Å²) < 4.78 is 0. The van der Waals surface area contributed by atoms with Gasteiger partial charge in [0, 0.05) is 6.42 Å². The molecule has 1 unspecified atom stereocenters. The summed E-state index contributed by atoms with van der Waals surface area (Å²) in [5.74, 6) is -1.12. The zero-order chi connectivity index (χ0) is 13.0. The van der Waals surface area contributed by atoms with E-state index in [9.17, 15) is 9.59 Å². The van der Waals surface area contributed by atoms with E-state index < -0.39 is 12.0 Å². The summed E-state index contributed by atoms with van der Waals surface area (Å²) in [5.41, 5.74) is 0.861. The number of hydrogen-bond donors (Lipinski definition) is 1. The van der Waals surface area contributed by atoms with E-state index in [1.54, 1.807) is 0 Å². The second kappa shape index (κ2) is 5.25. The second-order valence-corrected chi connectivity index (χ2v) is 3.92. The van der Waals surface area contributed by atoms with E-state index in [0.717, 1.165) is 16.3 Å². The topological polar surface area (TPSA) is 66.7 Å². The number of aliphatic carboxylic acids is 1. The number of isocyanates is 1. The first kappa shape index (κ1) is 12.0. The van der Waals surface area contributed by atoms with E-state index in [1.165, 1.54) is 6.08 Å². The van der Waals surface area contributed by atoms with Crippen LogP contribution < -0.4 is 0 Å². The number of fused-ring (bicyclic) bond motifs is 1. The summed E-state index contributed by atoms with van der Waals surface area (Å²) in [6, 6.07) is 12.3. The summed E-state index contributed by atoms with van der Waals surface area (Å²) in [5, 5.41) is 11.0. The zero-order valence-corrected chi connectivity index (χ0v) is 9.54. The minimum atomic E-state index is -1.12. The minimum absolute atomic E-state index is 0.186. The Morgan fingerprint density at radius 2 is 1.94 bits per heavy atom. The molecular weight excluding hydrogens is 230 g/mol. The molecule has 0 aromatic heterocycles. The van der Waals surface area contributed by atoms with Crippen LogP contribution in [0.25, 0.3) is 10.8 Å². The van der Waals surface area contributed by atoms with Crippen molar-refractivity contribution in [2.24, 2.45) is 4.99 Å². The van der Waals surface area contributed by atoms with Crippen molar-refractivity contribution in [2.45, 2.75) is 12.5 Å². The molecule has 2 rings (SSSR count). The molecule has 4 heteroatoms. The smallest absolute Gasteiger partial charge is 0.329 e. The summed E-state index contributed by atoms with van der Waals surface area (Å²) in [4.78, 5) is 24.5. The van der Waals surface area contributed by atoms with Crippen LogP contribution in [0.1, 0.15) is 5.56 Å². The Labute approximate surface area is 104 Å². The van der Waals surface area contributed by atoms with Crippen LogP contribution >= 0.6 is 0 Å². The largest absolute Gasteiger partial charge is 0.480 e. The summed E-state index contributed by atoms with van der Waals surface area (Å²) in [7, 11) is 0. The molecule has 1 N–H and O–H groups in total. The van der Waals surface area contributed by atoms with Gasteiger partial charge < -0.3 is 5.11 Å². The predicted octanol–water partition coefficient (Wildman–Crippen LogP) is 2.17. The lowest BCUT2D eigenvalue weighted by Crippen LogP contribution is -2.20. The number of aliphatic imine (C=N–C) groups is 1. The van der Waals surface area contributed by atoms with Crippen LogP contribution in [-0.4, -0.2) is 23.2 Å². The Hall–Kier alpha value is -2.45. The van der Waals surface area contributed by atoms with Crippen molar-refractivity contribution in [2.75, 3.05) is 0 Å². The molecule has 0 aliphatic rings. The Morgan fingerprint density at radius 1 is 1.22 bits per heavy atom. The number of carbonyl (C=O) groups excluding carboxylic acids is 1. The van der Waals surface area contributed by atoms with E-state index in [-0.39, 0.29) is 6.42 Å². The third kappa shape index (κ3) is 2.44. The van der Waals surface area contributed by atoms with Crippen molar-refractivity contribution >= 4 is 22.8 Å². The highest BCUT2D eigenvalue weighted by Crippen LogP contribution is 2.20. The van der Waals surface area contributed by atoms with Gasteiger partial charge >= 0.3 is 5.97 Å². The van der Waals surface area contributed by atoms with Gasteiger partial charge in [0.2, 0.25) is 6.08 Å². The van der Waals surface area contributed by atoms with Crippen LogP contribution in [0, 0.1) is 0 Å². The van der Waals surface area contributed by atoms with E-state index in [1.807, 2.05) is 42.5 Å². The van der Waals surface area contributed by atoms with Crippen molar-refractivity contribution < 1.29 is 14.7 Å². The zero-order valence-electron chi connectivity index (χ0n) is 9.54. The van der Waals surface area contributed by atoms with Crippen molar-refractivity contribution in [3.8, 4) is 0 Å². The highest BCUT2D eigenvalue weighted by atomic mass is 16.4. The molecule has 4 nitrogen and oxygen atoms in total. The van der Waals surface area contributed by atoms with Crippen molar-refractivity contribution in [1.82, 2.24) is 0 Å². The summed E-state index contributed by atoms with van der Waals surface area (Å²) in [6.07, 6.45) is 1.50. The summed E-state index contributed by atoms with van der Waals surface area (Å²) >= 11 is 0. The van der Waals surface area contributed by atoms with Gasteiger partial charge in [0.15, 0.2) is 6.04 Å². The maximum absolute atomic E-state index is 11.0. The minimum Gasteiger partial charge on any atom is -0.480 e. The molecule has 2 aromatic rings. The van der Waals surface area contributed by atoms with Crippen molar-refractivity contribution in [3.63, 3.8) is 0 Å². The Bertz CT molecular complexity index is 622. The van der Waals surface area contributed by atoms with Crippen LogP contribution in [0.2, 0.25) is 0 Å². The molecule has 0 saturated carbocycles. The molecule has 0 bridgehead atoms. The SMILES string of the molecule is O=C=NC(Cc1cccc2ccccc12)C(=O)O. The quantitative estimate of drug-likeness (QED) is 0.659. The fourth-order valence-corrected chi connectivity index (χ4v) is 1.93. The number of benzene rings is 2. The number of nitrogens with zero attached hydrogens (tertiary/aromatic N) is 1. The lowest BCUT2D eigenvalue weighted by molar-refractivity contribution is -0.138. The Kier molecular flexibility index (Phi) is 3.51. The van der Waals surface area contributed by atoms with Crippen LogP contribution in [0.5, 0.6) is 0 Å². The highest BCUT2D eigenvalue weighted by Gasteiger charge is 2.17. The summed E-state index contributed by atoms with van der Waals surface area (Å²) in [6.45, 7) is 0. The maximum atomic E-state index is 11.0. The molecule has 0 aliphatic heterocycles. The van der Waals surface area contributed by atoms with E-state index in [0.29, 0.717) is 0 Å². The van der Waals surface area contributed by atoms with E-state index in [2.05, 4.69) is 4.99 Å². The molecule has 2 aromatic carbocycles. The van der Waals surface area contributed by atoms with Crippen LogP contribution in [-0.2, 0) is 16.0 Å². The van der Waals surface area contributed by atoms with Crippen molar-refractivity contribution in [1.29, 1.82) is 0 Å². The second-order valence-electron chi connectivity index (χ2n) is 3.92. The third-order valence-corrected chi connectivity index (χ3v) is 2.79. The van der Waals surface area contributed by atoms with Gasteiger partial charge in [0.1, 0.15) is 0 Å². The molecule has 90 valence electrons. The fraction of sp³-hybridized carbons (Fsp3) is 0.143. The Balaban J connectivity index is 2.42. The first-order valence-electron chi connectivity index (χ1n) is 5.49. The molecule has 18 heavy (non-hydrogen) atoms. The molecule has 0 radical (unpaired) electrons. The van der Waals surface area contributed by atoms with E-state index >= 15 is 0 Å². The lowest BCUT2D eigenvalue weighted by Gasteiger charge is -2.08. The molecule has 0 heterocycles. The average Bonchev–Trinajstić information content (AvgIpc) is 2.38. The molecule has 0 amide bonds. The first-order chi connectivity index (χ1) is 8.72. The molecule has 0 aliphatic carbocycles. The number of hydrogen-bond acceptors (Lipinski definition) is 3. The maximum Gasteiger partial charge on any atom is 0.329 e. The van der Waals surface area contributed by atoms with Gasteiger partial charge in [-0.1, -0.05) is 42.5 Å². The molecule has 0 spiro atoms. The van der Waals surface area contributed by atoms with Gasteiger partial charge in [-0.25, -0.2) is 9.59 Å². The molecule has 0 fully saturated rings. The normalized spacial score (nSPS) is 11.8. The average molecular weight is 241 g/mol. The van der Waals surface area contributed by atoms with Gasteiger partial charge in [-0.3, -0.25) is 0 Å². The number of carboxylic acids is 1. The van der Waals surface area contributed by atoms with Gasteiger partial charge in [0.05, 0.1) is 0 Å². The third-order valence-electron chi connectivity index (χ3n) is 2.79. The van der Waals surface area contributed by atoms with Gasteiger partial charge in [-0.15, -0.1) is 0 Å². The number of carbonyl (C=O) groups is 1. The fourth-order valence-electron chi connectivity index (χ4n) is 1.93. The molecule has 1 atom stereocenters.